The van der Waals surface area contributed by atoms with E-state index in [9.17, 15) is 19.8 Å². The Morgan fingerprint density at radius 3 is 0.735 bits per heavy atom. The van der Waals surface area contributed by atoms with E-state index in [4.69, 9.17) is 4.74 Å². The molecule has 6 heteroatoms. The summed E-state index contributed by atoms with van der Waals surface area (Å²) in [6, 6.07) is -0.537. The quantitative estimate of drug-likeness (QED) is 0.0417. The van der Waals surface area contributed by atoms with E-state index in [1.807, 2.05) is 0 Å². The molecule has 2 atom stereocenters. The van der Waals surface area contributed by atoms with Crippen LogP contribution in [0, 0.1) is 0 Å². The predicted molar refractivity (Wildman–Crippen MR) is 366 cm³/mol. The predicted octanol–water partition coefficient (Wildman–Crippen LogP) is 25.3. The number of aliphatic hydroxyl groups is 2. The SMILES string of the molecule is CCCCCCCCCCCCCCCCCCCCCC(=O)OCCCCCCCCCCCCCCCCCCCCCCCCCCCCCCCCCC(=O)NC(CO)C(O)CCCCCCCCCCCCCCCCCC. The molecule has 1 amide bonds. The van der Waals surface area contributed by atoms with E-state index in [1.54, 1.807) is 0 Å². The maximum Gasteiger partial charge on any atom is 0.305 e. The highest BCUT2D eigenvalue weighted by atomic mass is 16.5. The summed E-state index contributed by atoms with van der Waals surface area (Å²) in [5.74, 6) is 0.000831. The lowest BCUT2D eigenvalue weighted by Crippen LogP contribution is -2.45. The zero-order valence-corrected chi connectivity index (χ0v) is 57.0. The third-order valence-electron chi connectivity index (χ3n) is 18.7. The fourth-order valence-electron chi connectivity index (χ4n) is 12.8. The van der Waals surface area contributed by atoms with Crippen molar-refractivity contribution >= 4 is 11.9 Å². The number of ether oxygens (including phenoxy) is 1. The van der Waals surface area contributed by atoms with Gasteiger partial charge in [0.1, 0.15) is 0 Å². The van der Waals surface area contributed by atoms with Crippen molar-refractivity contribution in [1.29, 1.82) is 0 Å². The first-order chi connectivity index (χ1) is 41.0. The van der Waals surface area contributed by atoms with Gasteiger partial charge < -0.3 is 20.3 Å². The van der Waals surface area contributed by atoms with Gasteiger partial charge in [0.25, 0.3) is 0 Å². The molecule has 0 aliphatic carbocycles. The molecule has 0 rings (SSSR count). The van der Waals surface area contributed by atoms with E-state index < -0.39 is 12.1 Å². The van der Waals surface area contributed by atoms with Crippen LogP contribution in [0.1, 0.15) is 457 Å². The fourth-order valence-corrected chi connectivity index (χ4v) is 12.8. The van der Waals surface area contributed by atoms with E-state index >= 15 is 0 Å². The number of carbonyl (C=O) groups excluding carboxylic acids is 2. The Labute approximate surface area is 521 Å². The maximum atomic E-state index is 12.5. The van der Waals surface area contributed by atoms with Crippen LogP contribution in [-0.4, -0.2) is 47.4 Å². The molecule has 0 aliphatic rings. The van der Waals surface area contributed by atoms with Gasteiger partial charge in [0, 0.05) is 12.8 Å². The van der Waals surface area contributed by atoms with Crippen LogP contribution >= 0.6 is 0 Å². The van der Waals surface area contributed by atoms with Crippen LogP contribution in [0.2, 0.25) is 0 Å². The highest BCUT2D eigenvalue weighted by Gasteiger charge is 2.20. The fraction of sp³-hybridized carbons (Fsp3) is 0.974. The Kier molecular flexibility index (Phi) is 72.3. The third kappa shape index (κ3) is 69.8. The second kappa shape index (κ2) is 73.3. The highest BCUT2D eigenvalue weighted by molar-refractivity contribution is 5.76. The molecule has 83 heavy (non-hydrogen) atoms. The summed E-state index contributed by atoms with van der Waals surface area (Å²) >= 11 is 0. The molecule has 0 spiro atoms. The molecule has 0 aromatic carbocycles. The Bertz CT molecular complexity index is 1210. The van der Waals surface area contributed by atoms with Crippen LogP contribution in [0.5, 0.6) is 0 Å². The van der Waals surface area contributed by atoms with Crippen molar-refractivity contribution in [3.05, 3.63) is 0 Å². The van der Waals surface area contributed by atoms with Gasteiger partial charge in [0.05, 0.1) is 25.4 Å². The lowest BCUT2D eigenvalue weighted by Gasteiger charge is -2.22. The molecule has 0 bridgehead atoms. The van der Waals surface area contributed by atoms with Gasteiger partial charge in [-0.05, 0) is 25.7 Å². The highest BCUT2D eigenvalue weighted by Crippen LogP contribution is 2.20. The number of aliphatic hydroxyl groups excluding tert-OH is 2. The molecule has 0 saturated carbocycles. The number of esters is 1. The number of hydrogen-bond donors (Lipinski definition) is 3. The second-order valence-corrected chi connectivity index (χ2v) is 27.1. The summed E-state index contributed by atoms with van der Waals surface area (Å²) in [4.78, 5) is 24.7. The molecule has 6 nitrogen and oxygen atoms in total. The lowest BCUT2D eigenvalue weighted by atomic mass is 10.0. The lowest BCUT2D eigenvalue weighted by molar-refractivity contribution is -0.143. The molecule has 496 valence electrons. The Morgan fingerprint density at radius 2 is 0.494 bits per heavy atom. The van der Waals surface area contributed by atoms with Crippen molar-refractivity contribution in [2.45, 2.75) is 469 Å². The van der Waals surface area contributed by atoms with Gasteiger partial charge in [-0.15, -0.1) is 0 Å². The van der Waals surface area contributed by atoms with E-state index in [-0.39, 0.29) is 18.5 Å². The first-order valence-electron chi connectivity index (χ1n) is 38.8. The molecule has 0 radical (unpaired) electrons. The van der Waals surface area contributed by atoms with Crippen molar-refractivity contribution in [2.75, 3.05) is 13.2 Å². The zero-order chi connectivity index (χ0) is 59.9. The average Bonchev–Trinajstić information content (AvgIpc) is 3.49. The van der Waals surface area contributed by atoms with Gasteiger partial charge in [-0.25, -0.2) is 0 Å². The van der Waals surface area contributed by atoms with E-state index in [1.165, 1.54) is 385 Å². The van der Waals surface area contributed by atoms with Crippen molar-refractivity contribution < 1.29 is 24.5 Å². The smallest absolute Gasteiger partial charge is 0.305 e. The summed E-state index contributed by atoms with van der Waals surface area (Å²) in [5.41, 5.74) is 0. The number of rotatable bonds is 74. The third-order valence-corrected chi connectivity index (χ3v) is 18.7. The first kappa shape index (κ1) is 81.9. The van der Waals surface area contributed by atoms with Gasteiger partial charge in [-0.3, -0.25) is 9.59 Å². The normalized spacial score (nSPS) is 12.4. The van der Waals surface area contributed by atoms with Crippen LogP contribution in [0.3, 0.4) is 0 Å². The van der Waals surface area contributed by atoms with Crippen LogP contribution in [0.25, 0.3) is 0 Å². The number of hydrogen-bond acceptors (Lipinski definition) is 5. The van der Waals surface area contributed by atoms with Crippen LogP contribution < -0.4 is 5.32 Å². The van der Waals surface area contributed by atoms with Crippen LogP contribution in [-0.2, 0) is 14.3 Å². The minimum Gasteiger partial charge on any atom is -0.466 e. The number of amides is 1. The molecular formula is C77H153NO5. The minimum atomic E-state index is -0.660. The first-order valence-corrected chi connectivity index (χ1v) is 38.8. The van der Waals surface area contributed by atoms with E-state index in [2.05, 4.69) is 19.2 Å². The molecular weight excluding hydrogens is 1020 g/mol. The maximum absolute atomic E-state index is 12.5. The topological polar surface area (TPSA) is 95.9 Å². The second-order valence-electron chi connectivity index (χ2n) is 27.1. The van der Waals surface area contributed by atoms with Crippen molar-refractivity contribution in [3.8, 4) is 0 Å². The number of nitrogens with one attached hydrogen (secondary N) is 1. The summed E-state index contributed by atoms with van der Waals surface area (Å²) in [6.45, 7) is 5.02. The number of carbonyl (C=O) groups is 2. The van der Waals surface area contributed by atoms with E-state index in [0.29, 0.717) is 25.9 Å². The van der Waals surface area contributed by atoms with Crippen molar-refractivity contribution in [3.63, 3.8) is 0 Å². The molecule has 0 saturated heterocycles. The van der Waals surface area contributed by atoms with Gasteiger partial charge in [-0.1, -0.05) is 418 Å². The molecule has 3 N–H and O–H groups in total. The van der Waals surface area contributed by atoms with Crippen LogP contribution in [0.4, 0.5) is 0 Å². The van der Waals surface area contributed by atoms with Crippen molar-refractivity contribution in [2.24, 2.45) is 0 Å². The van der Waals surface area contributed by atoms with Crippen LogP contribution in [0.15, 0.2) is 0 Å². The zero-order valence-electron chi connectivity index (χ0n) is 57.0. The molecule has 0 fully saturated rings. The minimum absolute atomic E-state index is 0.0262. The van der Waals surface area contributed by atoms with Gasteiger partial charge in [0.15, 0.2) is 0 Å². The van der Waals surface area contributed by atoms with Crippen molar-refractivity contribution in [1.82, 2.24) is 5.32 Å². The van der Waals surface area contributed by atoms with Gasteiger partial charge >= 0.3 is 5.97 Å². The number of unbranched alkanes of at least 4 members (excludes halogenated alkanes) is 63. The molecule has 2 unspecified atom stereocenters. The summed E-state index contributed by atoms with van der Waals surface area (Å²) in [7, 11) is 0. The monoisotopic (exact) mass is 1170 g/mol. The molecule has 0 aromatic rings. The summed E-state index contributed by atoms with van der Waals surface area (Å²) < 4.78 is 5.52. The Hall–Kier alpha value is -1.14. The van der Waals surface area contributed by atoms with Gasteiger partial charge in [-0.2, -0.15) is 0 Å². The Morgan fingerprint density at radius 1 is 0.289 bits per heavy atom. The van der Waals surface area contributed by atoms with Gasteiger partial charge in [0.2, 0.25) is 5.91 Å². The molecule has 0 aromatic heterocycles. The largest absolute Gasteiger partial charge is 0.466 e. The van der Waals surface area contributed by atoms with E-state index in [0.717, 1.165) is 38.5 Å². The molecule has 0 aliphatic heterocycles. The molecule has 0 heterocycles. The average molecular weight is 1170 g/mol. The Balaban J connectivity index is 3.29. The standard InChI is InChI=1S/C77H153NO5/c1-3-5-7-9-11-13-15-17-19-21-35-39-43-47-51-55-59-63-67-71-77(82)83-72-68-64-60-56-52-48-44-40-37-34-32-30-28-26-24-22-23-25-27-29-31-33-36-38-42-46-50-54-58-62-66-70-76(81)78-74(73-79)75(80)69-65-61-57-53-49-45-41-20-18-16-14-12-10-8-6-4-2/h74-75,79-80H,3-73H2,1-2H3,(H,78,81). The summed E-state index contributed by atoms with van der Waals surface area (Å²) in [6.07, 6.45) is 90.5. The summed E-state index contributed by atoms with van der Waals surface area (Å²) in [5, 5.41) is 23.4.